The molecule has 1 aromatic carbocycles. The SMILES string of the molecule is COc1cc(F)c([N+](=O)[O-])c(N2CCCCC(SC)C2)c1. The third-order valence-electron chi connectivity index (χ3n) is 3.74. The molecular weight excluding hydrogens is 295 g/mol. The van der Waals surface area contributed by atoms with Crippen molar-refractivity contribution >= 4 is 23.1 Å². The lowest BCUT2D eigenvalue weighted by molar-refractivity contribution is -0.386. The van der Waals surface area contributed by atoms with Crippen LogP contribution in [0.4, 0.5) is 15.8 Å². The zero-order valence-corrected chi connectivity index (χ0v) is 13.0. The zero-order chi connectivity index (χ0) is 15.4. The van der Waals surface area contributed by atoms with Crippen LogP contribution in [0.25, 0.3) is 0 Å². The molecule has 0 spiro atoms. The number of nitro groups is 1. The number of nitrogens with zero attached hydrogens (tertiary/aromatic N) is 2. The van der Waals surface area contributed by atoms with Crippen molar-refractivity contribution in [2.75, 3.05) is 31.4 Å². The van der Waals surface area contributed by atoms with E-state index in [1.165, 1.54) is 7.11 Å². The molecular formula is C14H19FN2O3S. The van der Waals surface area contributed by atoms with Gasteiger partial charge in [-0.1, -0.05) is 6.42 Å². The standard InChI is InChI=1S/C14H19FN2O3S/c1-20-10-7-12(15)14(17(18)19)13(8-10)16-6-4-3-5-11(9-16)21-2/h7-8,11H,3-6,9H2,1-2H3. The van der Waals surface area contributed by atoms with Crippen molar-refractivity contribution in [3.8, 4) is 5.75 Å². The van der Waals surface area contributed by atoms with Crippen molar-refractivity contribution in [1.29, 1.82) is 0 Å². The largest absolute Gasteiger partial charge is 0.497 e. The van der Waals surface area contributed by atoms with Gasteiger partial charge in [0.1, 0.15) is 11.4 Å². The third-order valence-corrected chi connectivity index (χ3v) is 4.79. The topological polar surface area (TPSA) is 55.6 Å². The van der Waals surface area contributed by atoms with E-state index in [1.807, 2.05) is 11.2 Å². The molecule has 1 unspecified atom stereocenters. The van der Waals surface area contributed by atoms with Gasteiger partial charge in [0.15, 0.2) is 0 Å². The molecule has 1 saturated heterocycles. The quantitative estimate of drug-likeness (QED) is 0.629. The summed E-state index contributed by atoms with van der Waals surface area (Å²) in [5, 5.41) is 11.6. The summed E-state index contributed by atoms with van der Waals surface area (Å²) in [5.74, 6) is -0.544. The Morgan fingerprint density at radius 3 is 2.86 bits per heavy atom. The van der Waals surface area contributed by atoms with Crippen molar-refractivity contribution in [3.05, 3.63) is 28.1 Å². The number of rotatable bonds is 4. The van der Waals surface area contributed by atoms with Crippen LogP contribution >= 0.6 is 11.8 Å². The van der Waals surface area contributed by atoms with Crippen LogP contribution in [0.1, 0.15) is 19.3 Å². The van der Waals surface area contributed by atoms with Crippen LogP contribution in [0.15, 0.2) is 12.1 Å². The number of benzene rings is 1. The molecule has 1 fully saturated rings. The number of anilines is 1. The van der Waals surface area contributed by atoms with Crippen LogP contribution in [0, 0.1) is 15.9 Å². The van der Waals surface area contributed by atoms with Gasteiger partial charge in [0.25, 0.3) is 0 Å². The summed E-state index contributed by atoms with van der Waals surface area (Å²) >= 11 is 1.75. The monoisotopic (exact) mass is 314 g/mol. The maximum Gasteiger partial charge on any atom is 0.328 e. The lowest BCUT2D eigenvalue weighted by atomic mass is 10.2. The summed E-state index contributed by atoms with van der Waals surface area (Å²) in [5.41, 5.74) is -0.143. The van der Waals surface area contributed by atoms with Crippen molar-refractivity contribution in [3.63, 3.8) is 0 Å². The number of hydrogen-bond acceptors (Lipinski definition) is 5. The molecule has 116 valence electrons. The number of halogens is 1. The molecule has 0 bridgehead atoms. The predicted molar refractivity (Wildman–Crippen MR) is 83.0 cm³/mol. The molecule has 7 heteroatoms. The first-order chi connectivity index (χ1) is 10.1. The van der Waals surface area contributed by atoms with Gasteiger partial charge in [-0.15, -0.1) is 0 Å². The Labute approximate surface area is 127 Å². The summed E-state index contributed by atoms with van der Waals surface area (Å²) in [6.07, 6.45) is 5.15. The molecule has 1 aliphatic heterocycles. The van der Waals surface area contributed by atoms with Gasteiger partial charge < -0.3 is 9.64 Å². The third kappa shape index (κ3) is 3.58. The van der Waals surface area contributed by atoms with Gasteiger partial charge in [-0.3, -0.25) is 10.1 Å². The van der Waals surface area contributed by atoms with Crippen LogP contribution in [0.2, 0.25) is 0 Å². The van der Waals surface area contributed by atoms with E-state index in [4.69, 9.17) is 4.74 Å². The first kappa shape index (κ1) is 15.9. The smallest absolute Gasteiger partial charge is 0.328 e. The molecule has 21 heavy (non-hydrogen) atoms. The summed E-state index contributed by atoms with van der Waals surface area (Å²) in [6, 6.07) is 2.62. The fourth-order valence-electron chi connectivity index (χ4n) is 2.61. The van der Waals surface area contributed by atoms with Crippen molar-refractivity contribution in [1.82, 2.24) is 0 Å². The lowest BCUT2D eigenvalue weighted by Crippen LogP contribution is -2.30. The van der Waals surface area contributed by atoms with Gasteiger partial charge in [0.05, 0.1) is 12.0 Å². The van der Waals surface area contributed by atoms with Gasteiger partial charge >= 0.3 is 5.69 Å². The number of methoxy groups -OCH3 is 1. The van der Waals surface area contributed by atoms with Crippen molar-refractivity contribution in [2.24, 2.45) is 0 Å². The van der Waals surface area contributed by atoms with E-state index in [0.717, 1.165) is 25.3 Å². The van der Waals surface area contributed by atoms with E-state index in [9.17, 15) is 14.5 Å². The molecule has 1 aliphatic rings. The first-order valence-corrected chi connectivity index (χ1v) is 8.15. The highest BCUT2D eigenvalue weighted by Crippen LogP contribution is 2.37. The normalized spacial score (nSPS) is 19.2. The summed E-state index contributed by atoms with van der Waals surface area (Å²) in [6.45, 7) is 1.39. The highest BCUT2D eigenvalue weighted by molar-refractivity contribution is 7.99. The molecule has 1 atom stereocenters. The summed E-state index contributed by atoms with van der Waals surface area (Å²) < 4.78 is 19.1. The molecule has 0 saturated carbocycles. The second kappa shape index (κ2) is 6.98. The Morgan fingerprint density at radius 1 is 1.48 bits per heavy atom. The average Bonchev–Trinajstić information content (AvgIpc) is 2.71. The Bertz CT molecular complexity index is 527. The number of hydrogen-bond donors (Lipinski definition) is 0. The van der Waals surface area contributed by atoms with E-state index in [1.54, 1.807) is 17.8 Å². The summed E-state index contributed by atoms with van der Waals surface area (Å²) in [4.78, 5) is 12.5. The Kier molecular flexibility index (Phi) is 5.27. The molecule has 0 aromatic heterocycles. The van der Waals surface area contributed by atoms with E-state index in [2.05, 4.69) is 0 Å². The minimum Gasteiger partial charge on any atom is -0.497 e. The van der Waals surface area contributed by atoms with Crippen LogP contribution in [-0.4, -0.2) is 36.6 Å². The van der Waals surface area contributed by atoms with Gasteiger partial charge in [-0.25, -0.2) is 0 Å². The molecule has 1 heterocycles. The maximum atomic E-state index is 14.0. The Morgan fingerprint density at radius 2 is 2.24 bits per heavy atom. The van der Waals surface area contributed by atoms with E-state index >= 15 is 0 Å². The van der Waals surface area contributed by atoms with Gasteiger partial charge in [-0.05, 0) is 19.1 Å². The average molecular weight is 314 g/mol. The van der Waals surface area contributed by atoms with Crippen LogP contribution in [0.5, 0.6) is 5.75 Å². The molecule has 0 N–H and O–H groups in total. The zero-order valence-electron chi connectivity index (χ0n) is 12.2. The van der Waals surface area contributed by atoms with Crippen molar-refractivity contribution < 1.29 is 14.1 Å². The molecule has 2 rings (SSSR count). The van der Waals surface area contributed by atoms with E-state index in [0.29, 0.717) is 29.8 Å². The number of nitro benzene ring substituents is 1. The maximum absolute atomic E-state index is 14.0. The van der Waals surface area contributed by atoms with Gasteiger partial charge in [0, 0.05) is 30.5 Å². The summed E-state index contributed by atoms with van der Waals surface area (Å²) in [7, 11) is 1.43. The van der Waals surface area contributed by atoms with E-state index in [-0.39, 0.29) is 0 Å². The van der Waals surface area contributed by atoms with Crippen LogP contribution in [-0.2, 0) is 0 Å². The first-order valence-electron chi connectivity index (χ1n) is 6.86. The van der Waals surface area contributed by atoms with E-state index < -0.39 is 16.4 Å². The van der Waals surface area contributed by atoms with Gasteiger partial charge in [-0.2, -0.15) is 16.2 Å². The van der Waals surface area contributed by atoms with Crippen LogP contribution in [0.3, 0.4) is 0 Å². The number of thioether (sulfide) groups is 1. The molecule has 0 amide bonds. The molecule has 5 nitrogen and oxygen atoms in total. The molecule has 0 radical (unpaired) electrons. The minimum absolute atomic E-state index is 0.304. The molecule has 1 aromatic rings. The fraction of sp³-hybridized carbons (Fsp3) is 0.571. The Hall–Kier alpha value is -1.50. The fourth-order valence-corrected chi connectivity index (χ4v) is 3.35. The van der Waals surface area contributed by atoms with Gasteiger partial charge in [0.2, 0.25) is 5.82 Å². The minimum atomic E-state index is -0.848. The highest BCUT2D eigenvalue weighted by atomic mass is 32.2. The second-order valence-electron chi connectivity index (χ2n) is 5.03. The Balaban J connectivity index is 2.44. The van der Waals surface area contributed by atoms with Crippen molar-refractivity contribution in [2.45, 2.75) is 24.5 Å². The number of ether oxygens (including phenoxy) is 1. The lowest BCUT2D eigenvalue weighted by Gasteiger charge is -2.25. The molecule has 0 aliphatic carbocycles. The highest BCUT2D eigenvalue weighted by Gasteiger charge is 2.28. The second-order valence-corrected chi connectivity index (χ2v) is 6.17. The van der Waals surface area contributed by atoms with Crippen LogP contribution < -0.4 is 9.64 Å². The predicted octanol–water partition coefficient (Wildman–Crippen LogP) is 3.46.